The van der Waals surface area contributed by atoms with Gasteiger partial charge in [-0.15, -0.1) is 0 Å². The first kappa shape index (κ1) is 15.2. The molecule has 0 fully saturated rings. The summed E-state index contributed by atoms with van der Waals surface area (Å²) >= 11 is 0. The normalized spacial score (nSPS) is 14.1. The molecule has 0 aromatic heterocycles. The first-order chi connectivity index (χ1) is 7.14. The van der Waals surface area contributed by atoms with Crippen LogP contribution in [0.5, 0.6) is 0 Å². The van der Waals surface area contributed by atoms with E-state index >= 15 is 0 Å². The second-order valence-corrected chi connectivity index (χ2v) is 4.29. The van der Waals surface area contributed by atoms with Gasteiger partial charge in [-0.1, -0.05) is 0 Å². The van der Waals surface area contributed by atoms with Crippen molar-refractivity contribution >= 4 is 5.84 Å². The Morgan fingerprint density at radius 2 is 1.88 bits per heavy atom. The van der Waals surface area contributed by atoms with Crippen LogP contribution in [0.4, 0.5) is 13.2 Å². The second kappa shape index (κ2) is 6.05. The molecule has 0 aromatic rings. The maximum atomic E-state index is 11.7. The molecule has 3 N–H and O–H groups in total. The highest BCUT2D eigenvalue weighted by atomic mass is 19.4. The lowest BCUT2D eigenvalue weighted by Crippen LogP contribution is -2.34. The molecule has 0 amide bonds. The molecule has 0 aromatic carbocycles. The van der Waals surface area contributed by atoms with Gasteiger partial charge < -0.3 is 10.2 Å². The molecule has 0 atom stereocenters. The zero-order valence-corrected chi connectivity index (χ0v) is 9.69. The van der Waals surface area contributed by atoms with Crippen LogP contribution in [0.1, 0.15) is 27.2 Å². The Morgan fingerprint density at radius 1 is 1.31 bits per heavy atom. The van der Waals surface area contributed by atoms with Gasteiger partial charge in [-0.05, 0) is 20.8 Å². The molecule has 0 radical (unpaired) electrons. The number of hydrazine groups is 1. The van der Waals surface area contributed by atoms with Gasteiger partial charge in [0.1, 0.15) is 12.4 Å². The summed E-state index contributed by atoms with van der Waals surface area (Å²) in [4.78, 5) is 4.18. The summed E-state index contributed by atoms with van der Waals surface area (Å²) in [5, 5.41) is 0. The topological polar surface area (TPSA) is 59.6 Å². The van der Waals surface area contributed by atoms with Crippen LogP contribution in [-0.4, -0.2) is 30.8 Å². The predicted octanol–water partition coefficient (Wildman–Crippen LogP) is 1.62. The summed E-state index contributed by atoms with van der Waals surface area (Å²) in [6.07, 6.45) is -4.07. The molecular weight excluding hydrogens is 223 g/mol. The highest BCUT2D eigenvalue weighted by Crippen LogP contribution is 2.14. The van der Waals surface area contributed by atoms with Gasteiger partial charge in [0, 0.05) is 6.42 Å². The highest BCUT2D eigenvalue weighted by Gasteiger charge is 2.27. The van der Waals surface area contributed by atoms with Gasteiger partial charge in [0.25, 0.3) is 0 Å². The van der Waals surface area contributed by atoms with E-state index in [2.05, 4.69) is 15.2 Å². The van der Waals surface area contributed by atoms with E-state index in [1.54, 1.807) is 0 Å². The van der Waals surface area contributed by atoms with Crippen LogP contribution >= 0.6 is 0 Å². The fourth-order valence-corrected chi connectivity index (χ4v) is 0.922. The van der Waals surface area contributed by atoms with Crippen molar-refractivity contribution in [1.29, 1.82) is 0 Å². The summed E-state index contributed by atoms with van der Waals surface area (Å²) in [7, 11) is 0. The van der Waals surface area contributed by atoms with Crippen molar-refractivity contribution in [1.82, 2.24) is 5.43 Å². The van der Waals surface area contributed by atoms with Crippen LogP contribution in [0.15, 0.2) is 4.99 Å². The van der Waals surface area contributed by atoms with Gasteiger partial charge in [0.05, 0.1) is 12.1 Å². The molecule has 0 bridgehead atoms. The number of alkyl halides is 3. The zero-order chi connectivity index (χ0) is 12.8. The van der Waals surface area contributed by atoms with Gasteiger partial charge in [-0.2, -0.15) is 13.2 Å². The second-order valence-electron chi connectivity index (χ2n) is 4.29. The van der Waals surface area contributed by atoms with E-state index in [1.807, 2.05) is 20.8 Å². The fraction of sp³-hybridized carbons (Fsp3) is 0.889. The molecule has 0 aliphatic rings. The predicted molar refractivity (Wildman–Crippen MR) is 56.0 cm³/mol. The number of hydrogen-bond donors (Lipinski definition) is 2. The number of halogens is 3. The molecular formula is C9H18F3N3O. The molecule has 0 aliphatic heterocycles. The Kier molecular flexibility index (Phi) is 5.74. The van der Waals surface area contributed by atoms with Gasteiger partial charge in [0.15, 0.2) is 0 Å². The summed E-state index contributed by atoms with van der Waals surface area (Å²) < 4.78 is 39.7. The maximum Gasteiger partial charge on any atom is 0.411 e. The smallest absolute Gasteiger partial charge is 0.372 e. The number of hydrogen-bond acceptors (Lipinski definition) is 3. The quantitative estimate of drug-likeness (QED) is 0.258. The maximum absolute atomic E-state index is 11.7. The average Bonchev–Trinajstić information content (AvgIpc) is 2.06. The summed E-state index contributed by atoms with van der Waals surface area (Å²) in [5.41, 5.74) is 2.02. The zero-order valence-electron chi connectivity index (χ0n) is 9.69. The molecule has 16 heavy (non-hydrogen) atoms. The van der Waals surface area contributed by atoms with E-state index in [4.69, 9.17) is 5.84 Å². The lowest BCUT2D eigenvalue weighted by Gasteiger charge is -2.16. The van der Waals surface area contributed by atoms with Crippen LogP contribution in [0, 0.1) is 0 Å². The third kappa shape index (κ3) is 9.72. The van der Waals surface area contributed by atoms with Crippen molar-refractivity contribution < 1.29 is 17.9 Å². The molecule has 0 spiro atoms. The van der Waals surface area contributed by atoms with Crippen LogP contribution in [0.2, 0.25) is 0 Å². The van der Waals surface area contributed by atoms with Gasteiger partial charge in [0.2, 0.25) is 0 Å². The van der Waals surface area contributed by atoms with E-state index in [0.29, 0.717) is 5.84 Å². The van der Waals surface area contributed by atoms with Crippen molar-refractivity contribution in [2.45, 2.75) is 38.9 Å². The Bertz CT molecular complexity index is 233. The van der Waals surface area contributed by atoms with Crippen molar-refractivity contribution in [3.8, 4) is 0 Å². The number of nitrogens with two attached hydrogens (primary N) is 1. The van der Waals surface area contributed by atoms with Crippen molar-refractivity contribution in [2.75, 3.05) is 13.2 Å². The summed E-state index contributed by atoms with van der Waals surface area (Å²) in [6.45, 7) is 4.27. The Morgan fingerprint density at radius 3 is 2.25 bits per heavy atom. The minimum Gasteiger partial charge on any atom is -0.372 e. The SMILES string of the molecule is CC(C)(C)N=C(CCOCC(F)(F)F)NN. The third-order valence-corrected chi connectivity index (χ3v) is 1.39. The largest absolute Gasteiger partial charge is 0.411 e. The molecule has 0 rings (SSSR count). The molecule has 0 saturated heterocycles. The van der Waals surface area contributed by atoms with Crippen molar-refractivity contribution in [2.24, 2.45) is 10.8 Å². The molecule has 7 heteroatoms. The average molecular weight is 241 g/mol. The van der Waals surface area contributed by atoms with E-state index < -0.39 is 12.8 Å². The van der Waals surface area contributed by atoms with Crippen LogP contribution < -0.4 is 11.3 Å². The highest BCUT2D eigenvalue weighted by molar-refractivity contribution is 5.82. The third-order valence-electron chi connectivity index (χ3n) is 1.39. The minimum atomic E-state index is -4.29. The molecule has 0 saturated carbocycles. The van der Waals surface area contributed by atoms with E-state index in [1.165, 1.54) is 0 Å². The monoisotopic (exact) mass is 241 g/mol. The first-order valence-electron chi connectivity index (χ1n) is 4.84. The van der Waals surface area contributed by atoms with Gasteiger partial charge >= 0.3 is 6.18 Å². The van der Waals surface area contributed by atoms with Crippen LogP contribution in [0.25, 0.3) is 0 Å². The van der Waals surface area contributed by atoms with Crippen molar-refractivity contribution in [3.05, 3.63) is 0 Å². The summed E-state index contributed by atoms with van der Waals surface area (Å²) in [5.74, 6) is 5.62. The number of ether oxygens (including phenoxy) is 1. The van der Waals surface area contributed by atoms with Gasteiger partial charge in [-0.25, -0.2) is 5.84 Å². The van der Waals surface area contributed by atoms with E-state index in [9.17, 15) is 13.2 Å². The Hall–Kier alpha value is -0.820. The number of amidine groups is 1. The van der Waals surface area contributed by atoms with E-state index in [-0.39, 0.29) is 18.6 Å². The Balaban J connectivity index is 3.95. The molecule has 0 aliphatic carbocycles. The number of rotatable bonds is 4. The van der Waals surface area contributed by atoms with Crippen molar-refractivity contribution in [3.63, 3.8) is 0 Å². The number of nitrogens with one attached hydrogen (secondary N) is 1. The standard InChI is InChI=1S/C9H18F3N3O/c1-8(2,3)14-7(15-13)4-5-16-6-9(10,11)12/h4-6,13H2,1-3H3,(H,14,15). The first-order valence-corrected chi connectivity index (χ1v) is 4.84. The minimum absolute atomic E-state index is 0.0708. The summed E-state index contributed by atoms with van der Waals surface area (Å²) in [6, 6.07) is 0. The molecule has 0 unspecified atom stereocenters. The molecule has 96 valence electrons. The lowest BCUT2D eigenvalue weighted by atomic mass is 10.1. The van der Waals surface area contributed by atoms with Gasteiger partial charge in [-0.3, -0.25) is 4.99 Å². The lowest BCUT2D eigenvalue weighted by molar-refractivity contribution is -0.173. The number of aliphatic imine (C=N–C) groups is 1. The Labute approximate surface area is 93.0 Å². The van der Waals surface area contributed by atoms with Crippen LogP contribution in [-0.2, 0) is 4.74 Å². The molecule has 0 heterocycles. The number of nitrogens with zero attached hydrogens (tertiary/aromatic N) is 1. The fourth-order valence-electron chi connectivity index (χ4n) is 0.922. The molecule has 4 nitrogen and oxygen atoms in total. The van der Waals surface area contributed by atoms with E-state index in [0.717, 1.165) is 0 Å². The van der Waals surface area contributed by atoms with Crippen LogP contribution in [0.3, 0.4) is 0 Å².